The molecule has 0 spiro atoms. The van der Waals surface area contributed by atoms with E-state index in [1.807, 2.05) is 11.8 Å². The minimum atomic E-state index is -4.64. The fourth-order valence-corrected chi connectivity index (χ4v) is 4.65. The number of halogens is 4. The molecule has 0 radical (unpaired) electrons. The highest BCUT2D eigenvalue weighted by molar-refractivity contribution is 6.04. The number of nitrogens with zero attached hydrogens (tertiary/aromatic N) is 5. The van der Waals surface area contributed by atoms with E-state index in [0.29, 0.717) is 49.8 Å². The maximum atomic E-state index is 14.8. The summed E-state index contributed by atoms with van der Waals surface area (Å²) in [6, 6.07) is 6.94. The van der Waals surface area contributed by atoms with Gasteiger partial charge in [-0.15, -0.1) is 0 Å². The lowest BCUT2D eigenvalue weighted by molar-refractivity contribution is -0.138. The number of aromatic nitrogens is 4. The van der Waals surface area contributed by atoms with Crippen LogP contribution in [0.2, 0.25) is 0 Å². The second-order valence-electron chi connectivity index (χ2n) is 9.76. The van der Waals surface area contributed by atoms with Crippen LogP contribution in [0.3, 0.4) is 0 Å². The van der Waals surface area contributed by atoms with Crippen molar-refractivity contribution in [3.63, 3.8) is 0 Å². The van der Waals surface area contributed by atoms with Crippen LogP contribution in [0.4, 0.5) is 29.1 Å². The van der Waals surface area contributed by atoms with E-state index in [2.05, 4.69) is 25.7 Å². The van der Waals surface area contributed by atoms with E-state index in [9.17, 15) is 22.4 Å². The van der Waals surface area contributed by atoms with E-state index < -0.39 is 29.5 Å². The lowest BCUT2D eigenvalue weighted by atomic mass is 10.0. The standard InChI is InChI=1S/C28H29F4N7O2/c1-3-39-16-24-26(37-39)36-25(14-33-24)34-17(2)21-13-20(6-7-23(21)29)35-27(40)18-4-5-19(22(12-18)28(30,31)32)15-38-8-10-41-11-9-38/h4-7,12-14,16-17H,3,8-11,15H2,1-2H3,(H,35,40)(H,34,36,37)/t17-/m0/s1. The summed E-state index contributed by atoms with van der Waals surface area (Å²) >= 11 is 0. The van der Waals surface area contributed by atoms with Crippen molar-refractivity contribution in [3.05, 3.63) is 76.9 Å². The molecule has 0 bridgehead atoms. The Labute approximate surface area is 233 Å². The molecule has 41 heavy (non-hydrogen) atoms. The summed E-state index contributed by atoms with van der Waals surface area (Å²) in [7, 11) is 0. The molecule has 1 aliphatic rings. The number of nitrogens with one attached hydrogen (secondary N) is 2. The summed E-state index contributed by atoms with van der Waals surface area (Å²) in [6.45, 7) is 6.41. The molecule has 3 heterocycles. The molecule has 1 amide bonds. The highest BCUT2D eigenvalue weighted by Gasteiger charge is 2.34. The van der Waals surface area contributed by atoms with Crippen LogP contribution in [-0.4, -0.2) is 56.9 Å². The average molecular weight is 572 g/mol. The van der Waals surface area contributed by atoms with Gasteiger partial charge in [0.2, 0.25) is 5.65 Å². The zero-order chi connectivity index (χ0) is 29.1. The second-order valence-corrected chi connectivity index (χ2v) is 9.76. The van der Waals surface area contributed by atoms with E-state index >= 15 is 0 Å². The number of carbonyl (C=O) groups is 1. The van der Waals surface area contributed by atoms with Gasteiger partial charge in [-0.3, -0.25) is 14.4 Å². The molecule has 13 heteroatoms. The summed E-state index contributed by atoms with van der Waals surface area (Å²) in [5.41, 5.74) is 0.590. The van der Waals surface area contributed by atoms with Crippen molar-refractivity contribution < 1.29 is 27.1 Å². The van der Waals surface area contributed by atoms with Crippen LogP contribution in [-0.2, 0) is 24.0 Å². The zero-order valence-electron chi connectivity index (χ0n) is 22.5. The van der Waals surface area contributed by atoms with E-state index in [-0.39, 0.29) is 28.9 Å². The number of aryl methyl sites for hydroxylation is 1. The van der Waals surface area contributed by atoms with Gasteiger partial charge >= 0.3 is 6.18 Å². The van der Waals surface area contributed by atoms with Gasteiger partial charge < -0.3 is 15.4 Å². The molecule has 1 aliphatic heterocycles. The summed E-state index contributed by atoms with van der Waals surface area (Å²) in [5.74, 6) is -0.884. The predicted octanol–water partition coefficient (Wildman–Crippen LogP) is 5.26. The van der Waals surface area contributed by atoms with Gasteiger partial charge in [-0.25, -0.2) is 14.4 Å². The molecular formula is C28H29F4N7O2. The first-order valence-corrected chi connectivity index (χ1v) is 13.2. The van der Waals surface area contributed by atoms with E-state index in [1.54, 1.807) is 17.8 Å². The normalized spacial score (nSPS) is 15.2. The van der Waals surface area contributed by atoms with Crippen LogP contribution in [0.5, 0.6) is 0 Å². The third-order valence-electron chi connectivity index (χ3n) is 6.86. The van der Waals surface area contributed by atoms with Crippen LogP contribution in [0.25, 0.3) is 11.2 Å². The van der Waals surface area contributed by atoms with Crippen LogP contribution in [0.1, 0.15) is 46.9 Å². The number of ether oxygens (including phenoxy) is 1. The number of morpholine rings is 1. The summed E-state index contributed by atoms with van der Waals surface area (Å²) in [4.78, 5) is 23.6. The first-order chi connectivity index (χ1) is 19.6. The van der Waals surface area contributed by atoms with Gasteiger partial charge in [-0.2, -0.15) is 18.3 Å². The van der Waals surface area contributed by atoms with Gasteiger partial charge in [0.25, 0.3) is 5.91 Å². The van der Waals surface area contributed by atoms with Crippen LogP contribution in [0, 0.1) is 5.82 Å². The van der Waals surface area contributed by atoms with Crippen molar-refractivity contribution in [1.82, 2.24) is 24.6 Å². The Morgan fingerprint density at radius 3 is 2.66 bits per heavy atom. The van der Waals surface area contributed by atoms with Crippen molar-refractivity contribution in [2.45, 2.75) is 39.2 Å². The monoisotopic (exact) mass is 571 g/mol. The van der Waals surface area contributed by atoms with E-state index in [0.717, 1.165) is 6.07 Å². The lowest BCUT2D eigenvalue weighted by Gasteiger charge is -2.27. The Hall–Kier alpha value is -4.10. The van der Waals surface area contributed by atoms with Gasteiger partial charge in [0, 0.05) is 43.0 Å². The van der Waals surface area contributed by atoms with Crippen LogP contribution >= 0.6 is 0 Å². The maximum Gasteiger partial charge on any atom is 0.416 e. The SMILES string of the molecule is CCn1cc2ncc(N[C@@H](C)c3cc(NC(=O)c4ccc(CN5CCOCC5)c(C(F)(F)F)c4)ccc3F)nc2n1. The Balaban J connectivity index is 1.32. The van der Waals surface area contributed by atoms with Crippen molar-refractivity contribution in [2.24, 2.45) is 0 Å². The highest BCUT2D eigenvalue weighted by atomic mass is 19.4. The minimum absolute atomic E-state index is 0.0858. The molecule has 2 N–H and O–H groups in total. The number of benzene rings is 2. The fraction of sp³-hybridized carbons (Fsp3) is 0.357. The third-order valence-corrected chi connectivity index (χ3v) is 6.86. The molecule has 216 valence electrons. The topological polar surface area (TPSA) is 97.2 Å². The zero-order valence-corrected chi connectivity index (χ0v) is 22.5. The number of hydrogen-bond acceptors (Lipinski definition) is 7. The van der Waals surface area contributed by atoms with Crippen molar-refractivity contribution in [2.75, 3.05) is 36.9 Å². The van der Waals surface area contributed by atoms with Crippen LogP contribution < -0.4 is 10.6 Å². The van der Waals surface area contributed by atoms with Gasteiger partial charge in [-0.1, -0.05) is 6.07 Å². The minimum Gasteiger partial charge on any atom is -0.379 e. The first kappa shape index (κ1) is 28.4. The Kier molecular flexibility index (Phi) is 8.18. The quantitative estimate of drug-likeness (QED) is 0.279. The molecule has 1 fully saturated rings. The number of rotatable bonds is 8. The molecule has 2 aromatic heterocycles. The molecule has 0 unspecified atom stereocenters. The summed E-state index contributed by atoms with van der Waals surface area (Å²) in [6.07, 6.45) is -1.34. The van der Waals surface area contributed by atoms with E-state index in [4.69, 9.17) is 4.74 Å². The highest BCUT2D eigenvalue weighted by Crippen LogP contribution is 2.34. The molecule has 2 aromatic carbocycles. The molecule has 1 saturated heterocycles. The van der Waals surface area contributed by atoms with Gasteiger partial charge in [0.1, 0.15) is 17.2 Å². The molecule has 5 rings (SSSR count). The lowest BCUT2D eigenvalue weighted by Crippen LogP contribution is -2.36. The predicted molar refractivity (Wildman–Crippen MR) is 145 cm³/mol. The molecule has 4 aromatic rings. The molecule has 9 nitrogen and oxygen atoms in total. The maximum absolute atomic E-state index is 14.8. The van der Waals surface area contributed by atoms with Gasteiger partial charge in [0.05, 0.1) is 37.2 Å². The Morgan fingerprint density at radius 1 is 1.15 bits per heavy atom. The number of amides is 1. The number of carbonyl (C=O) groups excluding carboxylic acids is 1. The smallest absolute Gasteiger partial charge is 0.379 e. The Morgan fingerprint density at radius 2 is 1.93 bits per heavy atom. The number of hydrogen-bond donors (Lipinski definition) is 2. The number of alkyl halides is 3. The van der Waals surface area contributed by atoms with E-state index in [1.165, 1.54) is 36.5 Å². The van der Waals surface area contributed by atoms with Crippen molar-refractivity contribution in [3.8, 4) is 0 Å². The fourth-order valence-electron chi connectivity index (χ4n) is 4.65. The molecular weight excluding hydrogens is 542 g/mol. The summed E-state index contributed by atoms with van der Waals surface area (Å²) < 4.78 is 63.5. The van der Waals surface area contributed by atoms with Gasteiger partial charge in [-0.05, 0) is 49.7 Å². The summed E-state index contributed by atoms with van der Waals surface area (Å²) in [5, 5.41) is 10.00. The van der Waals surface area contributed by atoms with Gasteiger partial charge in [0.15, 0.2) is 0 Å². The molecule has 0 saturated carbocycles. The molecule has 0 aliphatic carbocycles. The number of anilines is 2. The first-order valence-electron chi connectivity index (χ1n) is 13.2. The van der Waals surface area contributed by atoms with Crippen molar-refractivity contribution in [1.29, 1.82) is 0 Å². The van der Waals surface area contributed by atoms with Crippen molar-refractivity contribution >= 4 is 28.6 Å². The Bertz CT molecular complexity index is 1550. The third kappa shape index (κ3) is 6.63. The largest absolute Gasteiger partial charge is 0.416 e. The average Bonchev–Trinajstić information content (AvgIpc) is 3.37. The number of fused-ring (bicyclic) bond motifs is 1. The molecule has 1 atom stereocenters. The van der Waals surface area contributed by atoms with Crippen LogP contribution in [0.15, 0.2) is 48.8 Å². The second kappa shape index (κ2) is 11.8.